The number of carbonyl (C=O) groups is 1. The number of nitrogens with one attached hydrogen (secondary N) is 2. The quantitative estimate of drug-likeness (QED) is 0.499. The molecule has 27 heavy (non-hydrogen) atoms. The van der Waals surface area contributed by atoms with Gasteiger partial charge in [-0.05, 0) is 23.3 Å². The van der Waals surface area contributed by atoms with Crippen molar-refractivity contribution in [2.24, 2.45) is 5.10 Å². The minimum absolute atomic E-state index is 0.171. The number of ether oxygens (including phenoxy) is 1. The molecule has 0 spiro atoms. The van der Waals surface area contributed by atoms with E-state index in [1.807, 2.05) is 73.6 Å². The summed E-state index contributed by atoms with van der Waals surface area (Å²) in [5.74, 6) is -0.00678. The maximum absolute atomic E-state index is 11.8. The molecule has 2 N–H and O–H groups in total. The molecule has 1 heterocycles. The van der Waals surface area contributed by atoms with Crippen LogP contribution in [0, 0.1) is 0 Å². The highest BCUT2D eigenvalue weighted by Crippen LogP contribution is 2.20. The Morgan fingerprint density at radius 2 is 1.93 bits per heavy atom. The van der Waals surface area contributed by atoms with Crippen LogP contribution in [0.15, 0.2) is 65.8 Å². The maximum atomic E-state index is 11.8. The Labute approximate surface area is 157 Å². The van der Waals surface area contributed by atoms with Crippen LogP contribution < -0.4 is 15.1 Å². The number of anilines is 1. The number of carbonyl (C=O) groups excluding carboxylic acids is 1. The van der Waals surface area contributed by atoms with E-state index in [0.717, 1.165) is 22.5 Å². The van der Waals surface area contributed by atoms with E-state index in [9.17, 15) is 4.79 Å². The van der Waals surface area contributed by atoms with Crippen molar-refractivity contribution >= 4 is 17.8 Å². The highest BCUT2D eigenvalue weighted by Gasteiger charge is 2.06. The van der Waals surface area contributed by atoms with Crippen molar-refractivity contribution in [2.75, 3.05) is 25.6 Å². The van der Waals surface area contributed by atoms with Crippen molar-refractivity contribution in [1.29, 1.82) is 0 Å². The average Bonchev–Trinajstić information content (AvgIpc) is 3.16. The van der Waals surface area contributed by atoms with E-state index in [4.69, 9.17) is 4.74 Å². The molecule has 3 aromatic rings. The van der Waals surface area contributed by atoms with E-state index >= 15 is 0 Å². The molecule has 2 aromatic carbocycles. The summed E-state index contributed by atoms with van der Waals surface area (Å²) in [6, 6.07) is 19.3. The number of hydrazone groups is 1. The van der Waals surface area contributed by atoms with Crippen molar-refractivity contribution in [2.45, 2.75) is 0 Å². The number of hydrogen-bond donors (Lipinski definition) is 2. The second-order valence-electron chi connectivity index (χ2n) is 6.05. The Bertz CT molecular complexity index is 902. The molecular formula is C20H21N5O2. The van der Waals surface area contributed by atoms with Gasteiger partial charge in [0.1, 0.15) is 0 Å². The first-order valence-corrected chi connectivity index (χ1v) is 8.45. The lowest BCUT2D eigenvalue weighted by Gasteiger charge is -2.11. The third-order valence-corrected chi connectivity index (χ3v) is 3.80. The van der Waals surface area contributed by atoms with Gasteiger partial charge in [-0.25, -0.2) is 5.43 Å². The lowest BCUT2D eigenvalue weighted by atomic mass is 10.2. The second kappa shape index (κ2) is 8.66. The summed E-state index contributed by atoms with van der Waals surface area (Å²) in [4.78, 5) is 13.8. The molecule has 138 valence electrons. The normalized spacial score (nSPS) is 10.7. The lowest BCUT2D eigenvalue weighted by molar-refractivity contribution is -0.123. The van der Waals surface area contributed by atoms with E-state index in [-0.39, 0.29) is 12.5 Å². The first-order valence-electron chi connectivity index (χ1n) is 8.45. The van der Waals surface area contributed by atoms with Crippen LogP contribution in [0.4, 0.5) is 5.69 Å². The fraction of sp³-hybridized carbons (Fsp3) is 0.150. The third kappa shape index (κ3) is 5.18. The van der Waals surface area contributed by atoms with Crippen molar-refractivity contribution in [3.05, 3.63) is 66.2 Å². The smallest absolute Gasteiger partial charge is 0.278 e. The van der Waals surface area contributed by atoms with Gasteiger partial charge in [0.15, 0.2) is 6.61 Å². The SMILES string of the molecule is CN(C)c1ccc(/C=N/NC(=O)COc2cc(-c3ccccc3)[nH]n2)cc1. The molecule has 0 fully saturated rings. The molecule has 0 aliphatic heterocycles. The monoisotopic (exact) mass is 363 g/mol. The molecule has 0 saturated carbocycles. The predicted molar refractivity (Wildman–Crippen MR) is 106 cm³/mol. The van der Waals surface area contributed by atoms with Gasteiger partial charge in [0.25, 0.3) is 5.91 Å². The highest BCUT2D eigenvalue weighted by atomic mass is 16.5. The zero-order valence-corrected chi connectivity index (χ0v) is 15.2. The van der Waals surface area contributed by atoms with Gasteiger partial charge in [0.2, 0.25) is 5.88 Å². The highest BCUT2D eigenvalue weighted by molar-refractivity contribution is 5.83. The van der Waals surface area contributed by atoms with Crippen molar-refractivity contribution in [1.82, 2.24) is 15.6 Å². The Balaban J connectivity index is 1.46. The Morgan fingerprint density at radius 3 is 2.63 bits per heavy atom. The van der Waals surface area contributed by atoms with E-state index in [1.54, 1.807) is 12.3 Å². The van der Waals surface area contributed by atoms with Gasteiger partial charge >= 0.3 is 0 Å². The standard InChI is InChI=1S/C20H21N5O2/c1-25(2)17-10-8-15(9-11-17)13-21-23-19(26)14-27-20-12-18(22-24-20)16-6-4-3-5-7-16/h3-13H,14H2,1-2H3,(H,22,24)(H,23,26)/b21-13+. The zero-order valence-electron chi connectivity index (χ0n) is 15.2. The van der Waals surface area contributed by atoms with Crippen LogP contribution in [-0.4, -0.2) is 43.0 Å². The molecule has 7 nitrogen and oxygen atoms in total. The number of amides is 1. The van der Waals surface area contributed by atoms with E-state index in [1.165, 1.54) is 0 Å². The van der Waals surface area contributed by atoms with Crippen LogP contribution >= 0.6 is 0 Å². The van der Waals surface area contributed by atoms with Crippen LogP contribution in [0.5, 0.6) is 5.88 Å². The minimum atomic E-state index is -0.361. The predicted octanol–water partition coefficient (Wildman–Crippen LogP) is 2.67. The molecule has 0 radical (unpaired) electrons. The largest absolute Gasteiger partial charge is 0.466 e. The molecule has 7 heteroatoms. The van der Waals surface area contributed by atoms with Crippen LogP contribution in [0.25, 0.3) is 11.3 Å². The maximum Gasteiger partial charge on any atom is 0.278 e. The first kappa shape index (κ1) is 18.2. The fourth-order valence-electron chi connectivity index (χ4n) is 2.35. The summed E-state index contributed by atoms with van der Waals surface area (Å²) in [7, 11) is 3.96. The number of aromatic amines is 1. The van der Waals surface area contributed by atoms with Gasteiger partial charge in [-0.15, -0.1) is 5.10 Å². The minimum Gasteiger partial charge on any atom is -0.466 e. The van der Waals surface area contributed by atoms with Crippen molar-refractivity contribution in [3.8, 4) is 17.1 Å². The van der Waals surface area contributed by atoms with E-state index in [2.05, 4.69) is 20.7 Å². The Morgan fingerprint density at radius 1 is 1.19 bits per heavy atom. The van der Waals surface area contributed by atoms with Crippen LogP contribution in [0.3, 0.4) is 0 Å². The lowest BCUT2D eigenvalue weighted by Crippen LogP contribution is -2.24. The van der Waals surface area contributed by atoms with Gasteiger partial charge in [-0.3, -0.25) is 9.89 Å². The van der Waals surface area contributed by atoms with Gasteiger partial charge in [0, 0.05) is 25.8 Å². The van der Waals surface area contributed by atoms with E-state index in [0.29, 0.717) is 5.88 Å². The summed E-state index contributed by atoms with van der Waals surface area (Å²) in [5.41, 5.74) is 6.24. The summed E-state index contributed by atoms with van der Waals surface area (Å²) in [5, 5.41) is 10.9. The van der Waals surface area contributed by atoms with Crippen molar-refractivity contribution in [3.63, 3.8) is 0 Å². The number of nitrogens with zero attached hydrogens (tertiary/aromatic N) is 3. The number of benzene rings is 2. The molecule has 0 aliphatic rings. The number of aromatic nitrogens is 2. The Hall–Kier alpha value is -3.61. The van der Waals surface area contributed by atoms with Crippen LogP contribution in [0.1, 0.15) is 5.56 Å². The molecule has 1 aromatic heterocycles. The number of rotatable bonds is 7. The van der Waals surface area contributed by atoms with Gasteiger partial charge in [0.05, 0.1) is 11.9 Å². The molecule has 0 saturated heterocycles. The summed E-state index contributed by atoms with van der Waals surface area (Å²) < 4.78 is 5.38. The first-order chi connectivity index (χ1) is 13.1. The molecule has 0 aliphatic carbocycles. The topological polar surface area (TPSA) is 82.6 Å². The third-order valence-electron chi connectivity index (χ3n) is 3.80. The van der Waals surface area contributed by atoms with Crippen LogP contribution in [0.2, 0.25) is 0 Å². The summed E-state index contributed by atoms with van der Waals surface area (Å²) >= 11 is 0. The number of H-pyrrole nitrogens is 1. The summed E-state index contributed by atoms with van der Waals surface area (Å²) in [6.45, 7) is -0.171. The molecule has 0 bridgehead atoms. The molecule has 0 unspecified atom stereocenters. The van der Waals surface area contributed by atoms with Crippen LogP contribution in [-0.2, 0) is 4.79 Å². The molecule has 1 amide bonds. The average molecular weight is 363 g/mol. The molecular weight excluding hydrogens is 342 g/mol. The zero-order chi connectivity index (χ0) is 19.1. The van der Waals surface area contributed by atoms with Gasteiger partial charge < -0.3 is 9.64 Å². The fourth-order valence-corrected chi connectivity index (χ4v) is 2.35. The van der Waals surface area contributed by atoms with Gasteiger partial charge in [-0.2, -0.15) is 5.10 Å². The second-order valence-corrected chi connectivity index (χ2v) is 6.05. The van der Waals surface area contributed by atoms with E-state index < -0.39 is 0 Å². The molecule has 0 atom stereocenters. The number of hydrogen-bond acceptors (Lipinski definition) is 5. The van der Waals surface area contributed by atoms with Gasteiger partial charge in [-0.1, -0.05) is 42.5 Å². The summed E-state index contributed by atoms with van der Waals surface area (Å²) in [6.07, 6.45) is 1.58. The Kier molecular flexibility index (Phi) is 5.84. The molecule has 3 rings (SSSR count). The van der Waals surface area contributed by atoms with Crippen molar-refractivity contribution < 1.29 is 9.53 Å².